The quantitative estimate of drug-likeness (QED) is 0.202. The van der Waals surface area contributed by atoms with Crippen LogP contribution in [0.15, 0.2) is 151 Å². The molecule has 0 aliphatic carbocycles. The number of imidazole rings is 1. The highest BCUT2D eigenvalue weighted by molar-refractivity contribution is 6.21. The van der Waals surface area contributed by atoms with Crippen LogP contribution in [-0.2, 0) is 0 Å². The Labute approximate surface area is 256 Å². The molecule has 0 saturated heterocycles. The maximum atomic E-state index is 9.25. The van der Waals surface area contributed by atoms with E-state index in [-0.39, 0.29) is 45.7 Å². The van der Waals surface area contributed by atoms with Crippen LogP contribution in [0.5, 0.6) is 0 Å². The Hall–Kier alpha value is -5.47. The van der Waals surface area contributed by atoms with Gasteiger partial charge in [-0.3, -0.25) is 4.57 Å². The fraction of sp³-hybridized carbons (Fsp3) is 0.0250. The first-order valence-electron chi connectivity index (χ1n) is 17.7. The molecule has 0 spiro atoms. The predicted molar refractivity (Wildman–Crippen MR) is 177 cm³/mol. The highest BCUT2D eigenvalue weighted by atomic mass is 15.1. The molecule has 8 rings (SSSR count). The summed E-state index contributed by atoms with van der Waals surface area (Å²) in [6.07, 6.45) is 0. The predicted octanol–water partition coefficient (Wildman–Crippen LogP) is 10.6. The molecule has 0 atom stereocenters. The second-order valence-corrected chi connectivity index (χ2v) is 10.2. The lowest BCUT2D eigenvalue weighted by Gasteiger charge is -2.18. The van der Waals surface area contributed by atoms with Gasteiger partial charge in [0.1, 0.15) is 5.82 Å². The summed E-state index contributed by atoms with van der Waals surface area (Å²) in [5, 5.41) is 0.733. The first-order chi connectivity index (χ1) is 24.1. The van der Waals surface area contributed by atoms with Crippen LogP contribution in [0.4, 0.5) is 0 Å². The maximum Gasteiger partial charge on any atom is 0.111 e. The van der Waals surface area contributed by atoms with Crippen LogP contribution in [0, 0.1) is 6.92 Å². The zero-order valence-electron chi connectivity index (χ0n) is 30.7. The molecule has 0 radical (unpaired) electrons. The Bertz CT molecular complexity index is 2600. The fourth-order valence-electron chi connectivity index (χ4n) is 5.94. The van der Waals surface area contributed by atoms with Gasteiger partial charge in [-0.05, 0) is 86.1 Å². The van der Waals surface area contributed by atoms with E-state index in [9.17, 15) is 5.48 Å². The van der Waals surface area contributed by atoms with Gasteiger partial charge >= 0.3 is 0 Å². The van der Waals surface area contributed by atoms with E-state index in [1.54, 1.807) is 0 Å². The van der Waals surface area contributed by atoms with Crippen molar-refractivity contribution in [2.75, 3.05) is 0 Å². The molecule has 0 N–H and O–H groups in total. The Balaban J connectivity index is 1.54. The molecule has 2 heteroatoms. The molecule has 0 unspecified atom stereocenters. The molecule has 198 valence electrons. The summed E-state index contributed by atoms with van der Waals surface area (Å²) in [5.74, 6) is 0.746. The molecular weight excluding hydrogens is 508 g/mol. The largest absolute Gasteiger partial charge is 0.297 e. The van der Waals surface area contributed by atoms with E-state index in [1.807, 2.05) is 115 Å². The summed E-state index contributed by atoms with van der Waals surface area (Å²) >= 11 is 0. The first-order valence-corrected chi connectivity index (χ1v) is 13.7. The number of para-hydroxylation sites is 2. The monoisotopic (exact) mass is 544 g/mol. The minimum absolute atomic E-state index is 0.181. The molecule has 1 aromatic heterocycles. The van der Waals surface area contributed by atoms with Crippen LogP contribution in [0.1, 0.15) is 16.8 Å². The van der Waals surface area contributed by atoms with E-state index in [0.29, 0.717) is 22.3 Å². The molecule has 0 aliphatic rings. The van der Waals surface area contributed by atoms with Gasteiger partial charge in [-0.15, -0.1) is 0 Å². The van der Waals surface area contributed by atoms with Crippen LogP contribution in [0.25, 0.3) is 71.6 Å². The topological polar surface area (TPSA) is 17.8 Å². The zero-order chi connectivity index (χ0) is 35.0. The molecule has 0 amide bonds. The van der Waals surface area contributed by atoms with Gasteiger partial charge in [0.25, 0.3) is 0 Å². The number of benzene rings is 7. The van der Waals surface area contributed by atoms with Gasteiger partial charge in [-0.2, -0.15) is 0 Å². The molecule has 42 heavy (non-hydrogen) atoms. The minimum Gasteiger partial charge on any atom is -0.297 e. The lowest BCUT2D eigenvalue weighted by Crippen LogP contribution is -1.97. The number of aryl methyl sites for hydroxylation is 1. The highest BCUT2D eigenvalue weighted by Crippen LogP contribution is 2.44. The van der Waals surface area contributed by atoms with Crippen molar-refractivity contribution in [1.29, 1.82) is 0 Å². The van der Waals surface area contributed by atoms with Gasteiger partial charge in [0.2, 0.25) is 0 Å². The summed E-state index contributed by atoms with van der Waals surface area (Å²) in [5.41, 5.74) is 6.11. The van der Waals surface area contributed by atoms with Crippen LogP contribution < -0.4 is 0 Å². The standard InChI is InChI=1S/C40H28N2/c1-27-41-37-20-9-10-21-38(37)42(27)32-15-11-14-31(26-32)40-35-18-7-5-16-33(35)39(34-17-6-8-19-36(34)40)30-24-22-29(23-25-30)28-12-3-2-4-13-28/h2-26H,1H3/i5D,6D,7D,8D,16D,17D,18D,19D. The van der Waals surface area contributed by atoms with E-state index < -0.39 is 24.2 Å². The van der Waals surface area contributed by atoms with Crippen LogP contribution in [0.2, 0.25) is 0 Å². The Morgan fingerprint density at radius 3 is 1.71 bits per heavy atom. The van der Waals surface area contributed by atoms with Gasteiger partial charge < -0.3 is 0 Å². The minimum atomic E-state index is -0.429. The Morgan fingerprint density at radius 2 is 1.05 bits per heavy atom. The number of rotatable bonds is 4. The highest BCUT2D eigenvalue weighted by Gasteiger charge is 2.17. The summed E-state index contributed by atoms with van der Waals surface area (Å²) in [6, 6.07) is 29.7. The van der Waals surface area contributed by atoms with Crippen LogP contribution in [0.3, 0.4) is 0 Å². The second kappa shape index (κ2) is 9.87. The molecular formula is C40H28N2. The summed E-state index contributed by atoms with van der Waals surface area (Å²) in [6.45, 7) is 1.90. The van der Waals surface area contributed by atoms with E-state index in [1.165, 1.54) is 0 Å². The second-order valence-electron chi connectivity index (χ2n) is 10.2. The smallest absolute Gasteiger partial charge is 0.111 e. The van der Waals surface area contributed by atoms with Gasteiger partial charge in [-0.25, -0.2) is 4.98 Å². The first kappa shape index (κ1) is 17.4. The number of nitrogens with zero attached hydrogens (tertiary/aromatic N) is 2. The van der Waals surface area contributed by atoms with Gasteiger partial charge in [0.05, 0.1) is 22.0 Å². The molecule has 0 saturated carbocycles. The lowest BCUT2D eigenvalue weighted by molar-refractivity contribution is 1.00. The van der Waals surface area contributed by atoms with Crippen molar-refractivity contribution in [3.8, 4) is 39.1 Å². The Morgan fingerprint density at radius 1 is 0.524 bits per heavy atom. The fourth-order valence-corrected chi connectivity index (χ4v) is 5.94. The molecule has 7 aromatic carbocycles. The van der Waals surface area contributed by atoms with Crippen LogP contribution in [-0.4, -0.2) is 9.55 Å². The third-order valence-electron chi connectivity index (χ3n) is 7.78. The van der Waals surface area contributed by atoms with Crippen molar-refractivity contribution in [3.63, 3.8) is 0 Å². The van der Waals surface area contributed by atoms with Crippen LogP contribution >= 0.6 is 0 Å². The van der Waals surface area contributed by atoms with Gasteiger partial charge in [0.15, 0.2) is 0 Å². The number of hydrogen-bond donors (Lipinski definition) is 0. The van der Waals surface area contributed by atoms with Crippen molar-refractivity contribution >= 4 is 32.6 Å². The number of hydrogen-bond acceptors (Lipinski definition) is 1. The SMILES string of the molecule is [2H]c1c([2H])c([2H])c2c(-c3cccc(-n4c(C)nc5ccccc54)c3)c3c([2H])c([2H])c([2H])c([2H])c3c(-c3ccc(-c4ccccc4)cc3)c2c1[2H]. The van der Waals surface area contributed by atoms with Crippen molar-refractivity contribution in [3.05, 3.63) is 157 Å². The number of aromatic nitrogens is 2. The summed E-state index contributed by atoms with van der Waals surface area (Å²) in [7, 11) is 0. The van der Waals surface area contributed by atoms with E-state index >= 15 is 0 Å². The van der Waals surface area contributed by atoms with Crippen molar-refractivity contribution in [2.45, 2.75) is 6.92 Å². The van der Waals surface area contributed by atoms with Gasteiger partial charge in [0, 0.05) is 5.69 Å². The lowest BCUT2D eigenvalue weighted by atomic mass is 9.85. The molecule has 0 aliphatic heterocycles. The van der Waals surface area contributed by atoms with Crippen molar-refractivity contribution in [1.82, 2.24) is 9.55 Å². The van der Waals surface area contributed by atoms with E-state index in [0.717, 1.165) is 33.7 Å². The Kier molecular flexibility index (Phi) is 4.08. The van der Waals surface area contributed by atoms with E-state index in [2.05, 4.69) is 0 Å². The molecule has 0 fully saturated rings. The van der Waals surface area contributed by atoms with Gasteiger partial charge in [-0.1, -0.05) is 127 Å². The average Bonchev–Trinajstić information content (AvgIpc) is 3.49. The molecule has 2 nitrogen and oxygen atoms in total. The third-order valence-corrected chi connectivity index (χ3v) is 7.78. The molecule has 1 heterocycles. The zero-order valence-corrected chi connectivity index (χ0v) is 22.7. The summed E-state index contributed by atoms with van der Waals surface area (Å²) < 4.78 is 73.8. The van der Waals surface area contributed by atoms with E-state index in [4.69, 9.17) is 10.5 Å². The molecule has 8 aromatic rings. The summed E-state index contributed by atoms with van der Waals surface area (Å²) in [4.78, 5) is 4.72. The normalized spacial score (nSPS) is 14.1. The van der Waals surface area contributed by atoms with Crippen molar-refractivity contribution in [2.24, 2.45) is 0 Å². The number of fused-ring (bicyclic) bond motifs is 3. The van der Waals surface area contributed by atoms with Crippen molar-refractivity contribution < 1.29 is 11.0 Å². The average molecular weight is 545 g/mol. The molecule has 0 bridgehead atoms. The maximum absolute atomic E-state index is 9.25. The third kappa shape index (κ3) is 3.92.